The average molecular weight is 433 g/mol. The van der Waals surface area contributed by atoms with Gasteiger partial charge in [-0.05, 0) is 68.1 Å². The molecule has 0 aliphatic carbocycles. The Labute approximate surface area is 188 Å². The number of amides is 1. The first-order valence-corrected chi connectivity index (χ1v) is 10.9. The zero-order valence-electron chi connectivity index (χ0n) is 18.5. The Morgan fingerprint density at radius 2 is 1.84 bits per heavy atom. The molecule has 0 radical (unpaired) electrons. The summed E-state index contributed by atoms with van der Waals surface area (Å²) >= 11 is 0. The third kappa shape index (κ3) is 5.35. The van der Waals surface area contributed by atoms with Crippen LogP contribution >= 0.6 is 0 Å². The maximum absolute atomic E-state index is 12.4. The zero-order chi connectivity index (χ0) is 22.3. The molecule has 1 aromatic heterocycles. The third-order valence-electron chi connectivity index (χ3n) is 5.45. The first-order valence-electron chi connectivity index (χ1n) is 10.9. The molecule has 1 amide bonds. The number of aromatic nitrogens is 2. The fourth-order valence-corrected chi connectivity index (χ4v) is 3.76. The molecule has 2 heterocycles. The Balaban J connectivity index is 1.38. The Hall–Kier alpha value is -3.61. The van der Waals surface area contributed by atoms with Crippen LogP contribution in [0.1, 0.15) is 24.8 Å². The van der Waals surface area contributed by atoms with Crippen molar-refractivity contribution in [1.29, 1.82) is 0 Å². The predicted octanol–water partition coefficient (Wildman–Crippen LogP) is 4.47. The number of carbonyl (C=O) groups excluding carboxylic acids is 1. The fourth-order valence-electron chi connectivity index (χ4n) is 3.76. The summed E-state index contributed by atoms with van der Waals surface area (Å²) in [6, 6.07) is 17.1. The molecular weight excluding hydrogens is 404 g/mol. The molecule has 166 valence electrons. The summed E-state index contributed by atoms with van der Waals surface area (Å²) in [5.74, 6) is 1.80. The van der Waals surface area contributed by atoms with Crippen molar-refractivity contribution in [3.63, 3.8) is 0 Å². The van der Waals surface area contributed by atoms with Crippen molar-refractivity contribution in [1.82, 2.24) is 10.2 Å². The maximum atomic E-state index is 12.4. The van der Waals surface area contributed by atoms with Crippen molar-refractivity contribution in [3.05, 3.63) is 60.2 Å². The summed E-state index contributed by atoms with van der Waals surface area (Å²) in [5, 5.41) is 11.7. The van der Waals surface area contributed by atoms with Gasteiger partial charge in [0, 0.05) is 24.3 Å². The van der Waals surface area contributed by atoms with Crippen molar-refractivity contribution < 1.29 is 14.3 Å². The lowest BCUT2D eigenvalue weighted by molar-refractivity contribution is -0.118. The second kappa shape index (κ2) is 10.1. The van der Waals surface area contributed by atoms with Crippen LogP contribution in [0.3, 0.4) is 0 Å². The average Bonchev–Trinajstić information content (AvgIpc) is 2.84. The number of aryl methyl sites for hydroxylation is 1. The standard InChI is InChI=1S/C25H28N4O3/c1-18-9-11-22(23(15-18)31-2)32-17-25(30)26-20-8-6-7-19(16-20)21-10-12-24(28-27-21)29-13-4-3-5-14-29/h6-12,15-16H,3-5,13-14,17H2,1-2H3,(H,26,30). The molecule has 1 aliphatic rings. The van der Waals surface area contributed by atoms with Crippen molar-refractivity contribution in [2.24, 2.45) is 0 Å². The van der Waals surface area contributed by atoms with Crippen LogP contribution < -0.4 is 19.7 Å². The summed E-state index contributed by atoms with van der Waals surface area (Å²) in [6.07, 6.45) is 3.68. The van der Waals surface area contributed by atoms with Crippen LogP contribution in [0.4, 0.5) is 11.5 Å². The van der Waals surface area contributed by atoms with Crippen molar-refractivity contribution >= 4 is 17.4 Å². The summed E-state index contributed by atoms with van der Waals surface area (Å²) in [6.45, 7) is 3.92. The van der Waals surface area contributed by atoms with E-state index < -0.39 is 0 Å². The van der Waals surface area contributed by atoms with Crippen LogP contribution in [0.2, 0.25) is 0 Å². The molecule has 0 spiro atoms. The molecule has 3 aromatic rings. The van der Waals surface area contributed by atoms with Gasteiger partial charge in [-0.1, -0.05) is 18.2 Å². The molecule has 0 bridgehead atoms. The monoisotopic (exact) mass is 432 g/mol. The van der Waals surface area contributed by atoms with Gasteiger partial charge in [-0.3, -0.25) is 4.79 Å². The van der Waals surface area contributed by atoms with Crippen LogP contribution in [-0.4, -0.2) is 42.9 Å². The fraction of sp³-hybridized carbons (Fsp3) is 0.320. The molecule has 1 aliphatic heterocycles. The van der Waals surface area contributed by atoms with Crippen molar-refractivity contribution in [2.45, 2.75) is 26.2 Å². The lowest BCUT2D eigenvalue weighted by Gasteiger charge is -2.27. The van der Waals surface area contributed by atoms with E-state index in [2.05, 4.69) is 20.4 Å². The van der Waals surface area contributed by atoms with Crippen LogP contribution in [0.5, 0.6) is 11.5 Å². The molecule has 1 saturated heterocycles. The number of anilines is 2. The summed E-state index contributed by atoms with van der Waals surface area (Å²) in [5.41, 5.74) is 3.39. The number of ether oxygens (including phenoxy) is 2. The van der Waals surface area contributed by atoms with Gasteiger partial charge in [-0.15, -0.1) is 10.2 Å². The minimum atomic E-state index is -0.253. The molecule has 0 saturated carbocycles. The van der Waals surface area contributed by atoms with Crippen LogP contribution in [0.25, 0.3) is 11.3 Å². The van der Waals surface area contributed by atoms with Gasteiger partial charge in [0.1, 0.15) is 0 Å². The van der Waals surface area contributed by atoms with Gasteiger partial charge in [0.05, 0.1) is 12.8 Å². The lowest BCUT2D eigenvalue weighted by atomic mass is 10.1. The lowest BCUT2D eigenvalue weighted by Crippen LogP contribution is -2.30. The number of benzene rings is 2. The highest BCUT2D eigenvalue weighted by Gasteiger charge is 2.13. The van der Waals surface area contributed by atoms with Gasteiger partial charge in [0.2, 0.25) is 0 Å². The van der Waals surface area contributed by atoms with E-state index in [4.69, 9.17) is 9.47 Å². The van der Waals surface area contributed by atoms with E-state index in [1.165, 1.54) is 19.3 Å². The number of methoxy groups -OCH3 is 1. The Morgan fingerprint density at radius 3 is 2.59 bits per heavy atom. The van der Waals surface area contributed by atoms with E-state index in [1.807, 2.05) is 55.5 Å². The first kappa shape index (κ1) is 21.6. The number of hydrogen-bond donors (Lipinski definition) is 1. The molecule has 0 unspecified atom stereocenters. The molecule has 2 aromatic carbocycles. The van der Waals surface area contributed by atoms with Crippen LogP contribution in [0, 0.1) is 6.92 Å². The second-order valence-corrected chi connectivity index (χ2v) is 7.90. The van der Waals surface area contributed by atoms with E-state index in [9.17, 15) is 4.79 Å². The summed E-state index contributed by atoms with van der Waals surface area (Å²) in [7, 11) is 1.58. The van der Waals surface area contributed by atoms with E-state index >= 15 is 0 Å². The van der Waals surface area contributed by atoms with Gasteiger partial charge < -0.3 is 19.7 Å². The maximum Gasteiger partial charge on any atom is 0.262 e. The highest BCUT2D eigenvalue weighted by atomic mass is 16.5. The number of carbonyl (C=O) groups is 1. The Kier molecular flexibility index (Phi) is 6.84. The molecule has 7 heteroatoms. The van der Waals surface area contributed by atoms with E-state index in [0.717, 1.165) is 35.7 Å². The molecule has 4 rings (SSSR count). The molecule has 7 nitrogen and oxygen atoms in total. The number of rotatable bonds is 7. The molecular formula is C25H28N4O3. The normalized spacial score (nSPS) is 13.5. The minimum Gasteiger partial charge on any atom is -0.493 e. The third-order valence-corrected chi connectivity index (χ3v) is 5.45. The zero-order valence-corrected chi connectivity index (χ0v) is 18.5. The molecule has 32 heavy (non-hydrogen) atoms. The van der Waals surface area contributed by atoms with E-state index in [0.29, 0.717) is 17.2 Å². The highest BCUT2D eigenvalue weighted by molar-refractivity contribution is 5.92. The largest absolute Gasteiger partial charge is 0.493 e. The summed E-state index contributed by atoms with van der Waals surface area (Å²) < 4.78 is 11.0. The quantitative estimate of drug-likeness (QED) is 0.594. The van der Waals surface area contributed by atoms with Crippen molar-refractivity contribution in [2.75, 3.05) is 37.0 Å². The molecule has 1 N–H and O–H groups in total. The predicted molar refractivity (Wildman–Crippen MR) is 125 cm³/mol. The highest BCUT2D eigenvalue weighted by Crippen LogP contribution is 2.28. The Morgan fingerprint density at radius 1 is 1.00 bits per heavy atom. The molecule has 1 fully saturated rings. The van der Waals surface area contributed by atoms with Gasteiger partial charge in [-0.25, -0.2) is 0 Å². The minimum absolute atomic E-state index is 0.117. The van der Waals surface area contributed by atoms with Gasteiger partial charge >= 0.3 is 0 Å². The SMILES string of the molecule is COc1cc(C)ccc1OCC(=O)Nc1cccc(-c2ccc(N3CCCCC3)nn2)c1. The summed E-state index contributed by atoms with van der Waals surface area (Å²) in [4.78, 5) is 14.7. The number of piperidine rings is 1. The van der Waals surface area contributed by atoms with E-state index in [-0.39, 0.29) is 12.5 Å². The number of nitrogens with zero attached hydrogens (tertiary/aromatic N) is 3. The Bertz CT molecular complexity index is 1060. The van der Waals surface area contributed by atoms with E-state index in [1.54, 1.807) is 13.2 Å². The smallest absolute Gasteiger partial charge is 0.262 e. The van der Waals surface area contributed by atoms with Crippen molar-refractivity contribution in [3.8, 4) is 22.8 Å². The number of hydrogen-bond acceptors (Lipinski definition) is 6. The second-order valence-electron chi connectivity index (χ2n) is 7.90. The van der Waals surface area contributed by atoms with Crippen LogP contribution in [0.15, 0.2) is 54.6 Å². The topological polar surface area (TPSA) is 76.6 Å². The first-order chi connectivity index (χ1) is 15.6. The van der Waals surface area contributed by atoms with Crippen LogP contribution in [-0.2, 0) is 4.79 Å². The van der Waals surface area contributed by atoms with Gasteiger partial charge in [0.15, 0.2) is 23.9 Å². The van der Waals surface area contributed by atoms with Gasteiger partial charge in [0.25, 0.3) is 5.91 Å². The number of nitrogens with one attached hydrogen (secondary N) is 1. The van der Waals surface area contributed by atoms with Gasteiger partial charge in [-0.2, -0.15) is 0 Å². The molecule has 0 atom stereocenters.